The summed E-state index contributed by atoms with van der Waals surface area (Å²) in [5.41, 5.74) is -0.413. The standard InChI is InChI=1S/C20H23N3O6/c1-2-3-4-5-17(25)21-15-8-6-14(7-9-15)16(24)13-29-19(27)12-23-11-10-18(26)22-20(23)28/h6-11H,2-5,12-13H2,1H3,(H,21,25)(H,22,26,28). The van der Waals surface area contributed by atoms with E-state index in [9.17, 15) is 24.0 Å². The lowest BCUT2D eigenvalue weighted by atomic mass is 10.1. The lowest BCUT2D eigenvalue weighted by Gasteiger charge is -2.08. The molecule has 1 heterocycles. The second-order valence-corrected chi connectivity index (χ2v) is 6.40. The van der Waals surface area contributed by atoms with Gasteiger partial charge in [-0.3, -0.25) is 28.7 Å². The molecule has 1 aromatic heterocycles. The van der Waals surface area contributed by atoms with E-state index in [1.54, 1.807) is 12.1 Å². The van der Waals surface area contributed by atoms with E-state index in [2.05, 4.69) is 12.2 Å². The molecule has 2 N–H and O–H groups in total. The van der Waals surface area contributed by atoms with Crippen LogP contribution in [0.2, 0.25) is 0 Å². The predicted molar refractivity (Wildman–Crippen MR) is 106 cm³/mol. The van der Waals surface area contributed by atoms with Crippen molar-refractivity contribution in [3.05, 3.63) is 62.9 Å². The Hall–Kier alpha value is -3.49. The fraction of sp³-hybridized carbons (Fsp3) is 0.350. The van der Waals surface area contributed by atoms with Gasteiger partial charge < -0.3 is 10.1 Å². The number of H-pyrrole nitrogens is 1. The number of hydrogen-bond donors (Lipinski definition) is 2. The first kappa shape index (κ1) is 21.8. The molecule has 2 rings (SSSR count). The van der Waals surface area contributed by atoms with E-state index in [0.29, 0.717) is 17.7 Å². The highest BCUT2D eigenvalue weighted by Gasteiger charge is 2.12. The van der Waals surface area contributed by atoms with E-state index in [-0.39, 0.29) is 5.91 Å². The molecule has 0 unspecified atom stereocenters. The Labute approximate surface area is 166 Å². The highest BCUT2D eigenvalue weighted by atomic mass is 16.5. The fourth-order valence-corrected chi connectivity index (χ4v) is 2.48. The number of ketones is 1. The number of hydrogen-bond acceptors (Lipinski definition) is 6. The molecule has 0 radical (unpaired) electrons. The van der Waals surface area contributed by atoms with Crippen molar-refractivity contribution >= 4 is 23.3 Å². The summed E-state index contributed by atoms with van der Waals surface area (Å²) in [5, 5.41) is 2.76. The summed E-state index contributed by atoms with van der Waals surface area (Å²) in [5.74, 6) is -1.29. The van der Waals surface area contributed by atoms with Gasteiger partial charge in [0, 0.05) is 29.9 Å². The van der Waals surface area contributed by atoms with Crippen LogP contribution >= 0.6 is 0 Å². The van der Waals surface area contributed by atoms with Gasteiger partial charge in [-0.2, -0.15) is 0 Å². The van der Waals surface area contributed by atoms with Crippen molar-refractivity contribution in [1.29, 1.82) is 0 Å². The van der Waals surface area contributed by atoms with Crippen LogP contribution in [0.1, 0.15) is 43.0 Å². The molecule has 0 atom stereocenters. The highest BCUT2D eigenvalue weighted by Crippen LogP contribution is 2.11. The minimum Gasteiger partial charge on any atom is -0.456 e. The molecular formula is C20H23N3O6. The van der Waals surface area contributed by atoms with Crippen LogP contribution in [0.3, 0.4) is 0 Å². The molecule has 9 nitrogen and oxygen atoms in total. The number of benzene rings is 1. The topological polar surface area (TPSA) is 127 Å². The lowest BCUT2D eigenvalue weighted by molar-refractivity contribution is -0.143. The smallest absolute Gasteiger partial charge is 0.328 e. The van der Waals surface area contributed by atoms with Crippen molar-refractivity contribution < 1.29 is 19.1 Å². The Morgan fingerprint density at radius 3 is 2.45 bits per heavy atom. The van der Waals surface area contributed by atoms with Gasteiger partial charge in [-0.1, -0.05) is 19.8 Å². The summed E-state index contributed by atoms with van der Waals surface area (Å²) in [6.07, 6.45) is 4.48. The van der Waals surface area contributed by atoms with Crippen LogP contribution in [0.15, 0.2) is 46.1 Å². The molecule has 0 saturated carbocycles. The molecule has 1 amide bonds. The maximum Gasteiger partial charge on any atom is 0.328 e. The molecule has 2 aromatic rings. The molecule has 29 heavy (non-hydrogen) atoms. The number of ether oxygens (including phenoxy) is 1. The van der Waals surface area contributed by atoms with Gasteiger partial charge in [-0.15, -0.1) is 0 Å². The van der Waals surface area contributed by atoms with Crippen molar-refractivity contribution in [2.45, 2.75) is 39.2 Å². The van der Waals surface area contributed by atoms with E-state index in [1.165, 1.54) is 18.3 Å². The van der Waals surface area contributed by atoms with Crippen LogP contribution in [-0.4, -0.2) is 33.8 Å². The average Bonchev–Trinajstić information content (AvgIpc) is 2.69. The Morgan fingerprint density at radius 2 is 1.79 bits per heavy atom. The zero-order valence-electron chi connectivity index (χ0n) is 16.1. The van der Waals surface area contributed by atoms with E-state index < -0.39 is 36.2 Å². The molecule has 0 aliphatic carbocycles. The normalized spacial score (nSPS) is 10.4. The minimum absolute atomic E-state index is 0.0797. The number of nitrogens with zero attached hydrogens (tertiary/aromatic N) is 1. The number of unbranched alkanes of at least 4 members (excludes halogenated alkanes) is 2. The van der Waals surface area contributed by atoms with Gasteiger partial charge in [0.05, 0.1) is 0 Å². The van der Waals surface area contributed by atoms with Gasteiger partial charge in [0.25, 0.3) is 5.56 Å². The molecule has 0 aliphatic rings. The maximum atomic E-state index is 12.1. The molecule has 0 spiro atoms. The summed E-state index contributed by atoms with van der Waals surface area (Å²) < 4.78 is 5.85. The van der Waals surface area contributed by atoms with Gasteiger partial charge in [0.15, 0.2) is 12.4 Å². The van der Waals surface area contributed by atoms with Crippen molar-refractivity contribution in [3.63, 3.8) is 0 Å². The predicted octanol–water partition coefficient (Wildman–Crippen LogP) is 1.48. The van der Waals surface area contributed by atoms with Crippen LogP contribution < -0.4 is 16.6 Å². The first-order valence-corrected chi connectivity index (χ1v) is 9.27. The Morgan fingerprint density at radius 1 is 1.07 bits per heavy atom. The Balaban J connectivity index is 1.82. The van der Waals surface area contributed by atoms with Gasteiger partial charge in [-0.05, 0) is 30.7 Å². The summed E-state index contributed by atoms with van der Waals surface area (Å²) in [7, 11) is 0. The summed E-state index contributed by atoms with van der Waals surface area (Å²) in [4.78, 5) is 60.3. The molecule has 0 aliphatic heterocycles. The van der Waals surface area contributed by atoms with Crippen molar-refractivity contribution in [2.75, 3.05) is 11.9 Å². The fourth-order valence-electron chi connectivity index (χ4n) is 2.48. The van der Waals surface area contributed by atoms with Crippen molar-refractivity contribution in [3.8, 4) is 0 Å². The lowest BCUT2D eigenvalue weighted by Crippen LogP contribution is -2.31. The highest BCUT2D eigenvalue weighted by molar-refractivity contribution is 5.98. The second-order valence-electron chi connectivity index (χ2n) is 6.40. The number of amides is 1. The zero-order valence-corrected chi connectivity index (χ0v) is 16.1. The molecular weight excluding hydrogens is 378 g/mol. The largest absolute Gasteiger partial charge is 0.456 e. The van der Waals surface area contributed by atoms with E-state index in [1.807, 2.05) is 4.98 Å². The number of aromatic nitrogens is 2. The maximum absolute atomic E-state index is 12.1. The zero-order chi connectivity index (χ0) is 21.2. The quantitative estimate of drug-likeness (QED) is 0.353. The molecule has 0 bridgehead atoms. The van der Waals surface area contributed by atoms with E-state index >= 15 is 0 Å². The van der Waals surface area contributed by atoms with Crippen molar-refractivity contribution in [1.82, 2.24) is 9.55 Å². The van der Waals surface area contributed by atoms with Crippen LogP contribution in [0, 0.1) is 0 Å². The number of nitrogens with one attached hydrogen (secondary N) is 2. The summed E-state index contributed by atoms with van der Waals surface area (Å²) in [6, 6.07) is 7.37. The van der Waals surface area contributed by atoms with Crippen LogP contribution in [-0.2, 0) is 20.9 Å². The number of esters is 1. The van der Waals surface area contributed by atoms with Gasteiger partial charge >= 0.3 is 11.7 Å². The number of rotatable bonds is 10. The SMILES string of the molecule is CCCCCC(=O)Nc1ccc(C(=O)COC(=O)Cn2ccc(=O)[nH]c2=O)cc1. The van der Waals surface area contributed by atoms with Crippen LogP contribution in [0.4, 0.5) is 5.69 Å². The van der Waals surface area contributed by atoms with Gasteiger partial charge in [0.1, 0.15) is 6.54 Å². The first-order valence-electron chi connectivity index (χ1n) is 9.27. The molecule has 9 heteroatoms. The van der Waals surface area contributed by atoms with E-state index in [0.717, 1.165) is 29.9 Å². The second kappa shape index (κ2) is 10.7. The van der Waals surface area contributed by atoms with Crippen molar-refractivity contribution in [2.24, 2.45) is 0 Å². The monoisotopic (exact) mass is 401 g/mol. The third kappa shape index (κ3) is 7.21. The Bertz CT molecular complexity index is 975. The first-order chi connectivity index (χ1) is 13.9. The summed E-state index contributed by atoms with van der Waals surface area (Å²) in [6.45, 7) is 1.15. The summed E-state index contributed by atoms with van der Waals surface area (Å²) >= 11 is 0. The number of aromatic amines is 1. The van der Waals surface area contributed by atoms with Gasteiger partial charge in [-0.25, -0.2) is 4.79 Å². The van der Waals surface area contributed by atoms with E-state index in [4.69, 9.17) is 4.74 Å². The molecule has 154 valence electrons. The number of carbonyl (C=O) groups is 3. The average molecular weight is 401 g/mol. The third-order valence-corrected chi connectivity index (χ3v) is 4.06. The third-order valence-electron chi connectivity index (χ3n) is 4.06. The number of carbonyl (C=O) groups excluding carboxylic acids is 3. The number of anilines is 1. The number of Topliss-reactive ketones (excluding diaryl/α,β-unsaturated/α-hetero) is 1. The van der Waals surface area contributed by atoms with Gasteiger partial charge in [0.2, 0.25) is 5.91 Å². The Kier molecular flexibility index (Phi) is 8.08. The van der Waals surface area contributed by atoms with Crippen LogP contribution in [0.5, 0.6) is 0 Å². The molecule has 0 fully saturated rings. The van der Waals surface area contributed by atoms with Crippen LogP contribution in [0.25, 0.3) is 0 Å². The molecule has 1 aromatic carbocycles. The minimum atomic E-state index is -0.788. The molecule has 0 saturated heterocycles.